The second kappa shape index (κ2) is 5.77. The number of benzene rings is 1. The number of carbonyl (C=O) groups is 2. The Morgan fingerprint density at radius 1 is 1.31 bits per heavy atom. The third kappa shape index (κ3) is 6.55. The summed E-state index contributed by atoms with van der Waals surface area (Å²) in [4.78, 5) is 19.0. The average Bonchev–Trinajstić information content (AvgIpc) is 2.05. The SMILES string of the molecule is CC(=O)O.O=Cc1ccc(O)cc1. The molecule has 70 valence electrons. The number of phenols is 1. The maximum Gasteiger partial charge on any atom is 0.300 e. The predicted octanol–water partition coefficient (Wildman–Crippen LogP) is 1.30. The van der Waals surface area contributed by atoms with Gasteiger partial charge in [0.15, 0.2) is 0 Å². The first kappa shape index (κ1) is 11.2. The second-order valence-electron chi connectivity index (χ2n) is 2.23. The minimum atomic E-state index is -0.833. The van der Waals surface area contributed by atoms with E-state index in [1.54, 1.807) is 12.1 Å². The molecular formula is C9H10O4. The summed E-state index contributed by atoms with van der Waals surface area (Å²) >= 11 is 0. The number of carbonyl (C=O) groups excluding carboxylic acids is 1. The van der Waals surface area contributed by atoms with Gasteiger partial charge in [-0.05, 0) is 24.3 Å². The van der Waals surface area contributed by atoms with Gasteiger partial charge in [-0.1, -0.05) is 0 Å². The first-order valence-electron chi connectivity index (χ1n) is 3.50. The minimum absolute atomic E-state index is 0.181. The second-order valence-corrected chi connectivity index (χ2v) is 2.23. The molecule has 0 aliphatic carbocycles. The minimum Gasteiger partial charge on any atom is -0.508 e. The third-order valence-electron chi connectivity index (χ3n) is 1.03. The van der Waals surface area contributed by atoms with Crippen molar-refractivity contribution >= 4 is 12.3 Å². The van der Waals surface area contributed by atoms with Crippen LogP contribution in [0.25, 0.3) is 0 Å². The first-order chi connectivity index (χ1) is 6.06. The summed E-state index contributed by atoms with van der Waals surface area (Å²) in [6.45, 7) is 1.08. The predicted molar refractivity (Wildman–Crippen MR) is 46.8 cm³/mol. The highest BCUT2D eigenvalue weighted by Gasteiger charge is 1.86. The molecule has 0 saturated carbocycles. The van der Waals surface area contributed by atoms with Gasteiger partial charge in [0.1, 0.15) is 12.0 Å². The number of carboxylic acids is 1. The van der Waals surface area contributed by atoms with Gasteiger partial charge in [0.2, 0.25) is 0 Å². The van der Waals surface area contributed by atoms with E-state index in [0.717, 1.165) is 13.2 Å². The largest absolute Gasteiger partial charge is 0.508 e. The lowest BCUT2D eigenvalue weighted by Crippen LogP contribution is -1.78. The number of aromatic hydroxyl groups is 1. The van der Waals surface area contributed by atoms with Crippen LogP contribution in [0.5, 0.6) is 5.75 Å². The number of phenolic OH excluding ortho intramolecular Hbond substituents is 1. The summed E-state index contributed by atoms with van der Waals surface area (Å²) in [5.41, 5.74) is 0.577. The van der Waals surface area contributed by atoms with Gasteiger partial charge in [-0.3, -0.25) is 9.59 Å². The fraction of sp³-hybridized carbons (Fsp3) is 0.111. The summed E-state index contributed by atoms with van der Waals surface area (Å²) in [5.74, 6) is -0.652. The number of aliphatic carboxylic acids is 1. The van der Waals surface area contributed by atoms with Crippen LogP contribution >= 0.6 is 0 Å². The number of aldehydes is 1. The van der Waals surface area contributed by atoms with Gasteiger partial charge in [-0.2, -0.15) is 0 Å². The molecule has 13 heavy (non-hydrogen) atoms. The molecule has 0 heterocycles. The Labute approximate surface area is 75.4 Å². The van der Waals surface area contributed by atoms with Gasteiger partial charge in [0.05, 0.1) is 0 Å². The van der Waals surface area contributed by atoms with Crippen LogP contribution in [0.4, 0.5) is 0 Å². The molecule has 1 aromatic carbocycles. The fourth-order valence-corrected chi connectivity index (χ4v) is 0.553. The van der Waals surface area contributed by atoms with Crippen LogP contribution in [-0.4, -0.2) is 22.5 Å². The topological polar surface area (TPSA) is 74.6 Å². The molecule has 4 heteroatoms. The van der Waals surface area contributed by atoms with E-state index in [4.69, 9.17) is 15.0 Å². The Morgan fingerprint density at radius 2 is 1.69 bits per heavy atom. The lowest BCUT2D eigenvalue weighted by molar-refractivity contribution is -0.134. The summed E-state index contributed by atoms with van der Waals surface area (Å²) in [5, 5.41) is 16.2. The Morgan fingerprint density at radius 3 is 2.00 bits per heavy atom. The Balaban J connectivity index is 0.000000310. The van der Waals surface area contributed by atoms with Crippen molar-refractivity contribution in [3.63, 3.8) is 0 Å². The van der Waals surface area contributed by atoms with Crippen LogP contribution in [0, 0.1) is 0 Å². The van der Waals surface area contributed by atoms with E-state index in [1.165, 1.54) is 12.1 Å². The summed E-state index contributed by atoms with van der Waals surface area (Å²) in [7, 11) is 0. The van der Waals surface area contributed by atoms with E-state index in [1.807, 2.05) is 0 Å². The maximum absolute atomic E-state index is 10.0. The van der Waals surface area contributed by atoms with E-state index in [-0.39, 0.29) is 5.75 Å². The molecule has 0 atom stereocenters. The number of carboxylic acid groups (broad SMARTS) is 1. The van der Waals surface area contributed by atoms with Crippen molar-refractivity contribution in [2.45, 2.75) is 6.92 Å². The first-order valence-corrected chi connectivity index (χ1v) is 3.50. The molecule has 0 radical (unpaired) electrons. The molecule has 0 bridgehead atoms. The zero-order chi connectivity index (χ0) is 10.3. The fourth-order valence-electron chi connectivity index (χ4n) is 0.553. The van der Waals surface area contributed by atoms with Gasteiger partial charge in [-0.15, -0.1) is 0 Å². The number of hydrogen-bond donors (Lipinski definition) is 2. The van der Waals surface area contributed by atoms with E-state index in [9.17, 15) is 4.79 Å². The molecule has 0 aromatic heterocycles. The highest BCUT2D eigenvalue weighted by Crippen LogP contribution is 2.07. The van der Waals surface area contributed by atoms with E-state index < -0.39 is 5.97 Å². The van der Waals surface area contributed by atoms with E-state index in [2.05, 4.69) is 0 Å². The quantitative estimate of drug-likeness (QED) is 0.642. The van der Waals surface area contributed by atoms with E-state index in [0.29, 0.717) is 5.56 Å². The molecule has 0 saturated heterocycles. The van der Waals surface area contributed by atoms with Crippen LogP contribution in [-0.2, 0) is 4.79 Å². The molecule has 0 amide bonds. The van der Waals surface area contributed by atoms with Gasteiger partial charge >= 0.3 is 0 Å². The van der Waals surface area contributed by atoms with Crippen LogP contribution in [0.1, 0.15) is 17.3 Å². The average molecular weight is 182 g/mol. The van der Waals surface area contributed by atoms with Crippen molar-refractivity contribution in [2.24, 2.45) is 0 Å². The highest BCUT2D eigenvalue weighted by molar-refractivity contribution is 5.74. The lowest BCUT2D eigenvalue weighted by atomic mass is 10.2. The van der Waals surface area contributed by atoms with Gasteiger partial charge < -0.3 is 10.2 Å². The van der Waals surface area contributed by atoms with Crippen LogP contribution in [0.15, 0.2) is 24.3 Å². The molecule has 1 aromatic rings. The third-order valence-corrected chi connectivity index (χ3v) is 1.03. The van der Waals surface area contributed by atoms with Crippen molar-refractivity contribution in [3.8, 4) is 5.75 Å². The van der Waals surface area contributed by atoms with Crippen LogP contribution < -0.4 is 0 Å². The summed E-state index contributed by atoms with van der Waals surface area (Å²) < 4.78 is 0. The number of rotatable bonds is 1. The molecule has 2 N–H and O–H groups in total. The van der Waals surface area contributed by atoms with Gasteiger partial charge in [0.25, 0.3) is 5.97 Å². The van der Waals surface area contributed by atoms with Crippen molar-refractivity contribution in [1.29, 1.82) is 0 Å². The van der Waals surface area contributed by atoms with Crippen molar-refractivity contribution in [1.82, 2.24) is 0 Å². The zero-order valence-electron chi connectivity index (χ0n) is 7.10. The van der Waals surface area contributed by atoms with Crippen molar-refractivity contribution < 1.29 is 19.8 Å². The van der Waals surface area contributed by atoms with Crippen molar-refractivity contribution in [3.05, 3.63) is 29.8 Å². The molecule has 0 spiro atoms. The van der Waals surface area contributed by atoms with Crippen LogP contribution in [0.3, 0.4) is 0 Å². The Hall–Kier alpha value is -1.84. The standard InChI is InChI=1S/C7H6O2.C2H4O2/c8-5-6-1-3-7(9)4-2-6;1-2(3)4/h1-5,9H;1H3,(H,3,4). The Kier molecular flexibility index (Phi) is 4.95. The normalized spacial score (nSPS) is 8.08. The Bertz CT molecular complexity index is 272. The smallest absolute Gasteiger partial charge is 0.300 e. The lowest BCUT2D eigenvalue weighted by Gasteiger charge is -1.88. The molecule has 0 aliphatic heterocycles. The van der Waals surface area contributed by atoms with Crippen molar-refractivity contribution in [2.75, 3.05) is 0 Å². The van der Waals surface area contributed by atoms with Gasteiger partial charge in [0, 0.05) is 12.5 Å². The molecule has 0 unspecified atom stereocenters. The highest BCUT2D eigenvalue weighted by atomic mass is 16.4. The molecule has 0 fully saturated rings. The van der Waals surface area contributed by atoms with Crippen LogP contribution in [0.2, 0.25) is 0 Å². The molecular weight excluding hydrogens is 172 g/mol. The molecule has 4 nitrogen and oxygen atoms in total. The zero-order valence-corrected chi connectivity index (χ0v) is 7.10. The summed E-state index contributed by atoms with van der Waals surface area (Å²) in [6, 6.07) is 6.07. The molecule has 0 aliphatic rings. The number of hydrogen-bond acceptors (Lipinski definition) is 3. The summed E-state index contributed by atoms with van der Waals surface area (Å²) in [6.07, 6.45) is 0.736. The maximum atomic E-state index is 10.0. The molecule has 1 rings (SSSR count). The van der Waals surface area contributed by atoms with Gasteiger partial charge in [-0.25, -0.2) is 0 Å². The van der Waals surface area contributed by atoms with E-state index >= 15 is 0 Å². The monoisotopic (exact) mass is 182 g/mol.